The van der Waals surface area contributed by atoms with Crippen molar-refractivity contribution in [1.29, 1.82) is 0 Å². The number of hydrogen-bond acceptors (Lipinski definition) is 3. The molecule has 0 saturated heterocycles. The molecule has 0 unspecified atom stereocenters. The summed E-state index contributed by atoms with van der Waals surface area (Å²) in [6.45, 7) is 2.90. The molecule has 5 nitrogen and oxygen atoms in total. The highest BCUT2D eigenvalue weighted by atomic mass is 16.4. The van der Waals surface area contributed by atoms with Crippen LogP contribution < -0.4 is 5.32 Å². The molecule has 88 valence electrons. The number of aliphatic hydroxyl groups excluding tert-OH is 1. The number of amides is 1. The van der Waals surface area contributed by atoms with Gasteiger partial charge in [0.2, 0.25) is 0 Å². The maximum Gasteiger partial charge on any atom is 0.322 e. The van der Waals surface area contributed by atoms with Gasteiger partial charge in [0.05, 0.1) is 5.57 Å². The maximum atomic E-state index is 11.5. The monoisotopic (exact) mass is 225 g/mol. The van der Waals surface area contributed by atoms with Crippen LogP contribution in [-0.2, 0) is 9.59 Å². The molecule has 3 N–H and O–H groups in total. The minimum absolute atomic E-state index is 0.0295. The zero-order valence-electron chi connectivity index (χ0n) is 9.23. The number of aliphatic carboxylic acids is 1. The van der Waals surface area contributed by atoms with Gasteiger partial charge in [0.25, 0.3) is 5.91 Å². The molecule has 1 amide bonds. The van der Waals surface area contributed by atoms with E-state index in [1.165, 1.54) is 12.2 Å². The molecule has 0 aromatic rings. The molecule has 5 heteroatoms. The summed E-state index contributed by atoms with van der Waals surface area (Å²) in [7, 11) is 0. The molecule has 0 spiro atoms. The van der Waals surface area contributed by atoms with Crippen molar-refractivity contribution in [3.05, 3.63) is 35.6 Å². The number of nitrogens with one attached hydrogen (secondary N) is 1. The van der Waals surface area contributed by atoms with E-state index in [0.29, 0.717) is 0 Å². The van der Waals surface area contributed by atoms with Crippen molar-refractivity contribution in [2.24, 2.45) is 0 Å². The Balaban J connectivity index is 4.86. The van der Waals surface area contributed by atoms with Gasteiger partial charge in [-0.15, -0.1) is 0 Å². The van der Waals surface area contributed by atoms with Crippen molar-refractivity contribution < 1.29 is 19.8 Å². The molecular formula is C11H15NO4. The topological polar surface area (TPSA) is 86.6 Å². The Bertz CT molecular complexity index is 353. The third-order valence-electron chi connectivity index (χ3n) is 1.58. The largest absolute Gasteiger partial charge is 0.507 e. The summed E-state index contributed by atoms with van der Waals surface area (Å²) in [5, 5.41) is 20.1. The molecule has 0 aromatic carbocycles. The first kappa shape index (κ1) is 14.0. The van der Waals surface area contributed by atoms with Gasteiger partial charge in [0.1, 0.15) is 12.3 Å². The highest BCUT2D eigenvalue weighted by Gasteiger charge is 2.11. The number of aliphatic hydroxyl groups is 1. The Morgan fingerprint density at radius 2 is 1.69 bits per heavy atom. The fourth-order valence-corrected chi connectivity index (χ4v) is 0.943. The fourth-order valence-electron chi connectivity index (χ4n) is 0.943. The highest BCUT2D eigenvalue weighted by Crippen LogP contribution is 2.05. The standard InChI is InChI=1S/C11H15NO4/c1-3-5-8(9(13)6-4-2)11(16)12-7-10(14)15/h3-6,13H,7H2,1-2H3,(H,12,16)(H,14,15)/b5-3-,6-4-,9-8-. The number of carbonyl (C=O) groups is 2. The minimum Gasteiger partial charge on any atom is -0.507 e. The second kappa shape index (κ2) is 7.28. The molecule has 0 fully saturated rings. The van der Waals surface area contributed by atoms with E-state index in [-0.39, 0.29) is 11.3 Å². The number of carbonyl (C=O) groups excluding carboxylic acids is 1. The molecule has 0 aliphatic rings. The molecule has 0 aliphatic heterocycles. The summed E-state index contributed by atoms with van der Waals surface area (Å²) >= 11 is 0. The molecule has 0 saturated carbocycles. The summed E-state index contributed by atoms with van der Waals surface area (Å²) in [5.41, 5.74) is 0.0295. The van der Waals surface area contributed by atoms with Crippen LogP contribution in [0.2, 0.25) is 0 Å². The first-order valence-electron chi connectivity index (χ1n) is 4.71. The van der Waals surface area contributed by atoms with E-state index >= 15 is 0 Å². The van der Waals surface area contributed by atoms with Crippen LogP contribution in [0.1, 0.15) is 13.8 Å². The molecule has 0 heterocycles. The average Bonchev–Trinajstić information content (AvgIpc) is 2.22. The Morgan fingerprint density at radius 1 is 1.12 bits per heavy atom. The van der Waals surface area contributed by atoms with Gasteiger partial charge in [-0.05, 0) is 26.0 Å². The van der Waals surface area contributed by atoms with Gasteiger partial charge in [-0.2, -0.15) is 0 Å². The highest BCUT2D eigenvalue weighted by molar-refractivity contribution is 5.98. The predicted octanol–water partition coefficient (Wildman–Crippen LogP) is 1.15. The normalized spacial score (nSPS) is 12.9. The van der Waals surface area contributed by atoms with Crippen LogP contribution in [0.15, 0.2) is 35.6 Å². The van der Waals surface area contributed by atoms with Gasteiger partial charge in [-0.1, -0.05) is 12.2 Å². The van der Waals surface area contributed by atoms with E-state index in [1.54, 1.807) is 26.0 Å². The molecule has 0 rings (SSSR count). The number of allylic oxidation sites excluding steroid dienone is 3. The van der Waals surface area contributed by atoms with Gasteiger partial charge >= 0.3 is 5.97 Å². The second-order valence-electron chi connectivity index (χ2n) is 2.88. The minimum atomic E-state index is -1.14. The van der Waals surface area contributed by atoms with Gasteiger partial charge < -0.3 is 15.5 Å². The van der Waals surface area contributed by atoms with Crippen LogP contribution in [0.3, 0.4) is 0 Å². The lowest BCUT2D eigenvalue weighted by atomic mass is 10.2. The predicted molar refractivity (Wildman–Crippen MR) is 59.9 cm³/mol. The zero-order chi connectivity index (χ0) is 12.6. The van der Waals surface area contributed by atoms with Crippen LogP contribution >= 0.6 is 0 Å². The van der Waals surface area contributed by atoms with E-state index in [2.05, 4.69) is 5.32 Å². The van der Waals surface area contributed by atoms with Crippen LogP contribution in [0.25, 0.3) is 0 Å². The summed E-state index contributed by atoms with van der Waals surface area (Å²) in [6, 6.07) is 0. The lowest BCUT2D eigenvalue weighted by Crippen LogP contribution is -2.30. The number of hydrogen-bond donors (Lipinski definition) is 3. The zero-order valence-corrected chi connectivity index (χ0v) is 9.23. The molecule has 16 heavy (non-hydrogen) atoms. The molecular weight excluding hydrogens is 210 g/mol. The third kappa shape index (κ3) is 4.99. The summed E-state index contributed by atoms with van der Waals surface area (Å²) in [4.78, 5) is 21.7. The van der Waals surface area contributed by atoms with E-state index in [0.717, 1.165) is 0 Å². The smallest absolute Gasteiger partial charge is 0.322 e. The Kier molecular flexibility index (Phi) is 6.35. The maximum absolute atomic E-state index is 11.5. The number of carboxylic acids is 1. The summed E-state index contributed by atoms with van der Waals surface area (Å²) in [5.74, 6) is -1.97. The summed E-state index contributed by atoms with van der Waals surface area (Å²) in [6.07, 6.45) is 5.92. The number of rotatable bonds is 5. The van der Waals surface area contributed by atoms with E-state index in [1.807, 2.05) is 0 Å². The van der Waals surface area contributed by atoms with Gasteiger partial charge in [0.15, 0.2) is 0 Å². The van der Waals surface area contributed by atoms with Crippen molar-refractivity contribution in [3.63, 3.8) is 0 Å². The Hall–Kier alpha value is -2.04. The van der Waals surface area contributed by atoms with Crippen LogP contribution in [-0.4, -0.2) is 28.6 Å². The Morgan fingerprint density at radius 3 is 2.12 bits per heavy atom. The van der Waals surface area contributed by atoms with Gasteiger partial charge in [-0.3, -0.25) is 9.59 Å². The van der Waals surface area contributed by atoms with Gasteiger partial charge in [0, 0.05) is 0 Å². The second-order valence-corrected chi connectivity index (χ2v) is 2.88. The van der Waals surface area contributed by atoms with Crippen molar-refractivity contribution in [3.8, 4) is 0 Å². The van der Waals surface area contributed by atoms with Gasteiger partial charge in [-0.25, -0.2) is 0 Å². The molecule has 0 bridgehead atoms. The average molecular weight is 225 g/mol. The lowest BCUT2D eigenvalue weighted by Gasteiger charge is -2.04. The van der Waals surface area contributed by atoms with Crippen molar-refractivity contribution in [2.45, 2.75) is 13.8 Å². The van der Waals surface area contributed by atoms with Crippen LogP contribution in [0.5, 0.6) is 0 Å². The van der Waals surface area contributed by atoms with E-state index in [4.69, 9.17) is 5.11 Å². The lowest BCUT2D eigenvalue weighted by molar-refractivity contribution is -0.137. The summed E-state index contributed by atoms with van der Waals surface area (Å²) < 4.78 is 0. The quantitative estimate of drug-likeness (QED) is 0.372. The van der Waals surface area contributed by atoms with Crippen molar-refractivity contribution in [2.75, 3.05) is 6.54 Å². The molecule has 0 radical (unpaired) electrons. The first-order valence-corrected chi connectivity index (χ1v) is 4.71. The van der Waals surface area contributed by atoms with Crippen LogP contribution in [0, 0.1) is 0 Å². The van der Waals surface area contributed by atoms with Crippen molar-refractivity contribution in [1.82, 2.24) is 5.32 Å². The first-order chi connectivity index (χ1) is 7.52. The van der Waals surface area contributed by atoms with E-state index in [9.17, 15) is 14.7 Å². The third-order valence-corrected chi connectivity index (χ3v) is 1.58. The molecule has 0 aliphatic carbocycles. The Labute approximate surface area is 93.8 Å². The molecule has 0 atom stereocenters. The van der Waals surface area contributed by atoms with E-state index < -0.39 is 18.4 Å². The van der Waals surface area contributed by atoms with Crippen LogP contribution in [0.4, 0.5) is 0 Å². The number of carboxylic acid groups (broad SMARTS) is 1. The molecule has 0 aromatic heterocycles. The SMILES string of the molecule is C\C=C/C(O)=C(\C=C/C)C(=O)NCC(=O)O. The fraction of sp³-hybridized carbons (Fsp3) is 0.273. The van der Waals surface area contributed by atoms with Crippen molar-refractivity contribution >= 4 is 11.9 Å².